The van der Waals surface area contributed by atoms with Gasteiger partial charge in [-0.2, -0.15) is 0 Å². The van der Waals surface area contributed by atoms with E-state index in [1.807, 2.05) is 0 Å². The van der Waals surface area contributed by atoms with Crippen LogP contribution in [0.5, 0.6) is 0 Å². The minimum absolute atomic E-state index is 0.0155. The van der Waals surface area contributed by atoms with Gasteiger partial charge in [-0.15, -0.1) is 0 Å². The molecule has 3 fully saturated rings. The van der Waals surface area contributed by atoms with Gasteiger partial charge < -0.3 is 33.7 Å². The molecule has 1 amide bonds. The standard InChI is InChI=1S/C29H49NO7/c1-19(17-29(6)27(37-29)22(4)26(33-7)23(5)31)9-8-10-20(2)25-21(3)11-12-24(36-25)18-35-28(32)30-13-15-34-16-14-30/h8-10,19,21-27,31H,11-18H2,1-7H3/b9-8+,20-10+/t19-,21+,22-,23-,24-,25-,26-,27-,29-/m1/s1. The van der Waals surface area contributed by atoms with Crippen molar-refractivity contribution in [2.24, 2.45) is 17.8 Å². The van der Waals surface area contributed by atoms with Crippen LogP contribution in [0.15, 0.2) is 23.8 Å². The third-order valence-corrected chi connectivity index (χ3v) is 8.12. The molecule has 0 aliphatic carbocycles. The molecule has 3 rings (SSSR count). The number of rotatable bonds is 11. The molecule has 0 saturated carbocycles. The topological polar surface area (TPSA) is 90.0 Å². The van der Waals surface area contributed by atoms with Gasteiger partial charge in [0.25, 0.3) is 0 Å². The number of carbonyl (C=O) groups excluding carboxylic acids is 1. The van der Waals surface area contributed by atoms with Crippen LogP contribution in [-0.2, 0) is 23.7 Å². The molecule has 0 unspecified atom stereocenters. The summed E-state index contributed by atoms with van der Waals surface area (Å²) in [5, 5.41) is 9.99. The van der Waals surface area contributed by atoms with Gasteiger partial charge in [0.15, 0.2) is 0 Å². The van der Waals surface area contributed by atoms with Gasteiger partial charge in [-0.3, -0.25) is 0 Å². The first-order chi connectivity index (χ1) is 17.6. The van der Waals surface area contributed by atoms with Gasteiger partial charge >= 0.3 is 6.09 Å². The minimum atomic E-state index is -0.528. The largest absolute Gasteiger partial charge is 0.447 e. The number of hydrogen-bond acceptors (Lipinski definition) is 7. The smallest absolute Gasteiger partial charge is 0.410 e. The molecule has 3 saturated heterocycles. The summed E-state index contributed by atoms with van der Waals surface area (Å²) >= 11 is 0. The number of hydrogen-bond donors (Lipinski definition) is 1. The van der Waals surface area contributed by atoms with Crippen LogP contribution in [0.4, 0.5) is 4.79 Å². The van der Waals surface area contributed by atoms with Crippen molar-refractivity contribution in [3.8, 4) is 0 Å². The van der Waals surface area contributed by atoms with E-state index in [-0.39, 0.29) is 48.6 Å². The molecule has 0 aromatic rings. The predicted octanol–water partition coefficient (Wildman–Crippen LogP) is 4.36. The zero-order valence-corrected chi connectivity index (χ0v) is 23.9. The predicted molar refractivity (Wildman–Crippen MR) is 142 cm³/mol. The van der Waals surface area contributed by atoms with Crippen LogP contribution < -0.4 is 0 Å². The van der Waals surface area contributed by atoms with Gasteiger partial charge in [-0.1, -0.05) is 39.0 Å². The lowest BCUT2D eigenvalue weighted by Gasteiger charge is -2.35. The molecule has 1 N–H and O–H groups in total. The molecule has 0 bridgehead atoms. The molecular weight excluding hydrogens is 474 g/mol. The SMILES string of the molecule is CO[C@H]([C@@H](C)[C@H]1O[C@]1(C)C[C@H](C)/C=C/C=C(\C)[C@H]1O[C@@H](COC(=O)N2CCOCC2)CC[C@@H]1C)[C@@H](C)O. The van der Waals surface area contributed by atoms with E-state index in [9.17, 15) is 9.90 Å². The summed E-state index contributed by atoms with van der Waals surface area (Å²) in [4.78, 5) is 14.0. The first kappa shape index (κ1) is 30.1. The zero-order valence-electron chi connectivity index (χ0n) is 23.9. The molecule has 3 heterocycles. The van der Waals surface area contributed by atoms with Gasteiger partial charge in [0.05, 0.1) is 49.3 Å². The number of carbonyl (C=O) groups is 1. The number of nitrogens with zero attached hydrogens (tertiary/aromatic N) is 1. The van der Waals surface area contributed by atoms with Crippen LogP contribution in [0.2, 0.25) is 0 Å². The summed E-state index contributed by atoms with van der Waals surface area (Å²) in [5.41, 5.74) is 0.987. The Balaban J connectivity index is 1.46. The molecule has 0 aromatic carbocycles. The number of aliphatic hydroxyl groups excluding tert-OH is 1. The number of ether oxygens (including phenoxy) is 5. The highest BCUT2D eigenvalue weighted by Gasteiger charge is 2.56. The summed E-state index contributed by atoms with van der Waals surface area (Å²) in [6.45, 7) is 15.1. The van der Waals surface area contributed by atoms with Crippen LogP contribution in [0, 0.1) is 17.8 Å². The number of allylic oxidation sites excluding steroid dienone is 3. The Morgan fingerprint density at radius 2 is 1.92 bits per heavy atom. The molecule has 3 aliphatic rings. The summed E-state index contributed by atoms with van der Waals surface area (Å²) in [7, 11) is 1.64. The monoisotopic (exact) mass is 523 g/mol. The van der Waals surface area contributed by atoms with Gasteiger partial charge in [-0.25, -0.2) is 4.79 Å². The number of morpholine rings is 1. The van der Waals surface area contributed by atoms with Crippen molar-refractivity contribution in [3.63, 3.8) is 0 Å². The molecule has 37 heavy (non-hydrogen) atoms. The van der Waals surface area contributed by atoms with Gasteiger partial charge in [0, 0.05) is 26.1 Å². The van der Waals surface area contributed by atoms with E-state index >= 15 is 0 Å². The number of amides is 1. The maximum Gasteiger partial charge on any atom is 0.410 e. The lowest BCUT2D eigenvalue weighted by Crippen LogP contribution is -2.43. The van der Waals surface area contributed by atoms with E-state index in [1.165, 1.54) is 5.57 Å². The average Bonchev–Trinajstić information content (AvgIpc) is 3.54. The third-order valence-electron chi connectivity index (χ3n) is 8.12. The van der Waals surface area contributed by atoms with Crippen molar-refractivity contribution in [3.05, 3.63) is 23.8 Å². The Morgan fingerprint density at radius 3 is 2.57 bits per heavy atom. The lowest BCUT2D eigenvalue weighted by atomic mass is 9.85. The Hall–Kier alpha value is -1.45. The van der Waals surface area contributed by atoms with Gasteiger partial charge in [0.1, 0.15) is 6.61 Å². The Morgan fingerprint density at radius 1 is 1.22 bits per heavy atom. The Bertz CT molecular complexity index is 793. The van der Waals surface area contributed by atoms with Crippen LogP contribution in [0.1, 0.15) is 60.8 Å². The van der Waals surface area contributed by atoms with Crippen LogP contribution >= 0.6 is 0 Å². The normalized spacial score (nSPS) is 34.2. The molecule has 9 atom stereocenters. The summed E-state index contributed by atoms with van der Waals surface area (Å²) in [6, 6.07) is 0. The lowest BCUT2D eigenvalue weighted by molar-refractivity contribution is -0.0856. The molecular formula is C29H49NO7. The fourth-order valence-electron chi connectivity index (χ4n) is 6.00. The molecule has 212 valence electrons. The van der Waals surface area contributed by atoms with Gasteiger partial charge in [-0.05, 0) is 57.4 Å². The van der Waals surface area contributed by atoms with Gasteiger partial charge in [0.2, 0.25) is 0 Å². The third kappa shape index (κ3) is 8.27. The highest BCUT2D eigenvalue weighted by molar-refractivity contribution is 5.67. The second kappa shape index (κ2) is 13.6. The average molecular weight is 524 g/mol. The van der Waals surface area contributed by atoms with Crippen molar-refractivity contribution in [2.45, 2.75) is 96.9 Å². The Labute approximate surface area is 223 Å². The maximum absolute atomic E-state index is 12.3. The molecule has 0 radical (unpaired) electrons. The van der Waals surface area contributed by atoms with E-state index in [1.54, 1.807) is 18.9 Å². The second-order valence-electron chi connectivity index (χ2n) is 11.5. The fourth-order valence-corrected chi connectivity index (χ4v) is 6.00. The van der Waals surface area contributed by atoms with Crippen molar-refractivity contribution in [1.29, 1.82) is 0 Å². The van der Waals surface area contributed by atoms with Crippen molar-refractivity contribution in [1.82, 2.24) is 4.90 Å². The van der Waals surface area contributed by atoms with Crippen LogP contribution in [0.3, 0.4) is 0 Å². The first-order valence-corrected chi connectivity index (χ1v) is 13.9. The van der Waals surface area contributed by atoms with Crippen molar-refractivity contribution >= 4 is 6.09 Å². The van der Waals surface area contributed by atoms with Crippen molar-refractivity contribution < 1.29 is 33.6 Å². The zero-order chi connectivity index (χ0) is 27.2. The molecule has 0 spiro atoms. The number of aliphatic hydroxyl groups is 1. The van der Waals surface area contributed by atoms with Crippen molar-refractivity contribution in [2.75, 3.05) is 40.0 Å². The van der Waals surface area contributed by atoms with E-state index in [0.29, 0.717) is 38.1 Å². The first-order valence-electron chi connectivity index (χ1n) is 13.9. The molecule has 0 aromatic heterocycles. The number of epoxide rings is 1. The quantitative estimate of drug-likeness (QED) is 0.318. The number of methoxy groups -OCH3 is 1. The second-order valence-corrected chi connectivity index (χ2v) is 11.5. The molecule has 8 heteroatoms. The summed E-state index contributed by atoms with van der Waals surface area (Å²) in [5.74, 6) is 0.882. The Kier molecular flexibility index (Phi) is 11.0. The van der Waals surface area contributed by atoms with Crippen LogP contribution in [0.25, 0.3) is 0 Å². The van der Waals surface area contributed by atoms with E-state index in [0.717, 1.165) is 19.3 Å². The van der Waals surface area contributed by atoms with E-state index < -0.39 is 6.10 Å². The molecule has 3 aliphatic heterocycles. The highest BCUT2D eigenvalue weighted by Crippen LogP contribution is 2.47. The maximum atomic E-state index is 12.3. The van der Waals surface area contributed by atoms with E-state index in [2.05, 4.69) is 52.8 Å². The summed E-state index contributed by atoms with van der Waals surface area (Å²) < 4.78 is 28.8. The molecule has 8 nitrogen and oxygen atoms in total. The fraction of sp³-hybridized carbons (Fsp3) is 0.828. The van der Waals surface area contributed by atoms with Crippen LogP contribution in [-0.4, -0.2) is 92.2 Å². The summed E-state index contributed by atoms with van der Waals surface area (Å²) in [6.07, 6.45) is 8.32. The minimum Gasteiger partial charge on any atom is -0.447 e. The van der Waals surface area contributed by atoms with E-state index in [4.69, 9.17) is 23.7 Å². The highest BCUT2D eigenvalue weighted by atomic mass is 16.6.